The van der Waals surface area contributed by atoms with Gasteiger partial charge in [0.1, 0.15) is 5.82 Å². The van der Waals surface area contributed by atoms with Gasteiger partial charge in [0.2, 0.25) is 0 Å². The quantitative estimate of drug-likeness (QED) is 0.884. The predicted octanol–water partition coefficient (Wildman–Crippen LogP) is 2.21. The van der Waals surface area contributed by atoms with E-state index in [0.29, 0.717) is 12.2 Å². The number of hydrogen-bond donors (Lipinski definition) is 2. The number of carbonyl (C=O) groups is 1. The third kappa shape index (κ3) is 3.48. The number of rotatable bonds is 4. The highest BCUT2D eigenvalue weighted by atomic mass is 16.5. The van der Waals surface area contributed by atoms with Crippen LogP contribution in [-0.4, -0.2) is 22.8 Å². The van der Waals surface area contributed by atoms with Crippen LogP contribution >= 0.6 is 0 Å². The number of benzene rings is 1. The summed E-state index contributed by atoms with van der Waals surface area (Å²) < 4.78 is 6.48. The third-order valence-electron chi connectivity index (χ3n) is 2.69. The van der Waals surface area contributed by atoms with Gasteiger partial charge in [-0.25, -0.2) is 9.78 Å². The van der Waals surface area contributed by atoms with Gasteiger partial charge in [0.25, 0.3) is 0 Å². The van der Waals surface area contributed by atoms with Crippen molar-refractivity contribution in [1.29, 1.82) is 0 Å². The van der Waals surface area contributed by atoms with Gasteiger partial charge in [-0.3, -0.25) is 5.32 Å². The molecule has 0 fully saturated rings. The fraction of sp³-hybridized carbons (Fsp3) is 0.231. The molecule has 0 bridgehead atoms. The number of methoxy groups -OCH3 is 1. The molecule has 0 aliphatic carbocycles. The van der Waals surface area contributed by atoms with Crippen molar-refractivity contribution in [2.45, 2.75) is 6.54 Å². The van der Waals surface area contributed by atoms with Gasteiger partial charge in [-0.1, -0.05) is 0 Å². The summed E-state index contributed by atoms with van der Waals surface area (Å²) in [6.07, 6.45) is 3.19. The lowest BCUT2D eigenvalue weighted by Gasteiger charge is -2.08. The molecule has 100 valence electrons. The molecule has 0 saturated heterocycles. The molecule has 0 aliphatic heterocycles. The average molecular weight is 260 g/mol. The van der Waals surface area contributed by atoms with E-state index in [-0.39, 0.29) is 0 Å². The first-order chi connectivity index (χ1) is 9.19. The predicted molar refractivity (Wildman–Crippen MR) is 73.0 cm³/mol. The minimum Gasteiger partial charge on any atom is -0.453 e. The van der Waals surface area contributed by atoms with E-state index in [9.17, 15) is 4.79 Å². The highest BCUT2D eigenvalue weighted by molar-refractivity contribution is 5.84. The number of amides is 1. The van der Waals surface area contributed by atoms with Gasteiger partial charge in [0, 0.05) is 30.8 Å². The standard InChI is InChI=1S/C13H16N4O2/c1-17-8-7-14-12(17)9-15-10-3-5-11(6-4-10)16-13(18)19-2/h3-8,15H,9H2,1-2H3,(H,16,18). The van der Waals surface area contributed by atoms with Crippen molar-refractivity contribution in [3.63, 3.8) is 0 Å². The van der Waals surface area contributed by atoms with Crippen LogP contribution in [0.15, 0.2) is 36.7 Å². The van der Waals surface area contributed by atoms with Gasteiger partial charge in [-0.05, 0) is 24.3 Å². The van der Waals surface area contributed by atoms with Crippen LogP contribution < -0.4 is 10.6 Å². The van der Waals surface area contributed by atoms with Gasteiger partial charge in [0.05, 0.1) is 13.7 Å². The molecular weight excluding hydrogens is 244 g/mol. The number of nitrogens with one attached hydrogen (secondary N) is 2. The van der Waals surface area contributed by atoms with Crippen molar-refractivity contribution in [3.05, 3.63) is 42.5 Å². The largest absolute Gasteiger partial charge is 0.453 e. The summed E-state index contributed by atoms with van der Waals surface area (Å²) in [5, 5.41) is 5.85. The Morgan fingerprint density at radius 3 is 2.58 bits per heavy atom. The number of ether oxygens (including phenoxy) is 1. The Bertz CT molecular complexity index is 548. The summed E-state index contributed by atoms with van der Waals surface area (Å²) in [7, 11) is 3.28. The summed E-state index contributed by atoms with van der Waals surface area (Å²) in [5.41, 5.74) is 1.65. The zero-order valence-corrected chi connectivity index (χ0v) is 10.9. The molecule has 19 heavy (non-hydrogen) atoms. The molecule has 0 saturated carbocycles. The first-order valence-corrected chi connectivity index (χ1v) is 5.84. The molecule has 0 aliphatic rings. The third-order valence-corrected chi connectivity index (χ3v) is 2.69. The van der Waals surface area contributed by atoms with Crippen LogP contribution in [0.4, 0.5) is 16.2 Å². The van der Waals surface area contributed by atoms with E-state index in [1.807, 2.05) is 29.9 Å². The van der Waals surface area contributed by atoms with Gasteiger partial charge in [-0.15, -0.1) is 0 Å². The fourth-order valence-corrected chi connectivity index (χ4v) is 1.59. The van der Waals surface area contributed by atoms with E-state index in [1.54, 1.807) is 18.3 Å². The van der Waals surface area contributed by atoms with Gasteiger partial charge >= 0.3 is 6.09 Å². The summed E-state index contributed by atoms with van der Waals surface area (Å²) in [6.45, 7) is 0.646. The molecule has 2 N–H and O–H groups in total. The van der Waals surface area contributed by atoms with Crippen molar-refractivity contribution in [1.82, 2.24) is 9.55 Å². The van der Waals surface area contributed by atoms with Gasteiger partial charge in [0.15, 0.2) is 0 Å². The van der Waals surface area contributed by atoms with Gasteiger partial charge in [-0.2, -0.15) is 0 Å². The highest BCUT2D eigenvalue weighted by Crippen LogP contribution is 2.14. The van der Waals surface area contributed by atoms with Crippen LogP contribution in [0.25, 0.3) is 0 Å². The van der Waals surface area contributed by atoms with E-state index in [2.05, 4.69) is 20.4 Å². The number of aromatic nitrogens is 2. The topological polar surface area (TPSA) is 68.2 Å². The fourth-order valence-electron chi connectivity index (χ4n) is 1.59. The molecular formula is C13H16N4O2. The summed E-state index contributed by atoms with van der Waals surface area (Å²) in [4.78, 5) is 15.3. The van der Waals surface area contributed by atoms with E-state index in [0.717, 1.165) is 11.5 Å². The van der Waals surface area contributed by atoms with Crippen LogP contribution in [0.2, 0.25) is 0 Å². The Morgan fingerprint density at radius 2 is 2.00 bits per heavy atom. The van der Waals surface area contributed by atoms with E-state index in [1.165, 1.54) is 7.11 Å². The van der Waals surface area contributed by atoms with Gasteiger partial charge < -0.3 is 14.6 Å². The molecule has 0 radical (unpaired) electrons. The molecule has 6 heteroatoms. The number of nitrogens with zero attached hydrogens (tertiary/aromatic N) is 2. The zero-order valence-electron chi connectivity index (χ0n) is 10.9. The van der Waals surface area contributed by atoms with Crippen LogP contribution in [0, 0.1) is 0 Å². The second kappa shape index (κ2) is 5.90. The second-order valence-electron chi connectivity index (χ2n) is 4.00. The maximum atomic E-state index is 11.0. The molecule has 0 spiro atoms. The molecule has 0 unspecified atom stereocenters. The number of imidazole rings is 1. The van der Waals surface area contributed by atoms with E-state index >= 15 is 0 Å². The summed E-state index contributed by atoms with van der Waals surface area (Å²) >= 11 is 0. The van der Waals surface area contributed by atoms with Crippen LogP contribution in [0.5, 0.6) is 0 Å². The van der Waals surface area contributed by atoms with Crippen LogP contribution in [0.3, 0.4) is 0 Å². The van der Waals surface area contributed by atoms with Crippen molar-refractivity contribution < 1.29 is 9.53 Å². The molecule has 1 heterocycles. The molecule has 2 rings (SSSR count). The zero-order chi connectivity index (χ0) is 13.7. The molecule has 1 aromatic carbocycles. The first kappa shape index (κ1) is 12.9. The molecule has 1 aromatic heterocycles. The van der Waals surface area contributed by atoms with E-state index < -0.39 is 6.09 Å². The molecule has 0 atom stereocenters. The Labute approximate surface area is 111 Å². The van der Waals surface area contributed by atoms with Crippen LogP contribution in [0.1, 0.15) is 5.82 Å². The smallest absolute Gasteiger partial charge is 0.411 e. The number of anilines is 2. The minimum absolute atomic E-state index is 0.478. The van der Waals surface area contributed by atoms with Crippen molar-refractivity contribution in [3.8, 4) is 0 Å². The average Bonchev–Trinajstić information content (AvgIpc) is 2.83. The SMILES string of the molecule is COC(=O)Nc1ccc(NCc2nccn2C)cc1. The lowest BCUT2D eigenvalue weighted by molar-refractivity contribution is 0.187. The molecule has 1 amide bonds. The van der Waals surface area contributed by atoms with E-state index in [4.69, 9.17) is 0 Å². The number of hydrogen-bond acceptors (Lipinski definition) is 4. The first-order valence-electron chi connectivity index (χ1n) is 5.84. The lowest BCUT2D eigenvalue weighted by atomic mass is 10.3. The minimum atomic E-state index is -0.478. The number of aryl methyl sites for hydroxylation is 1. The maximum Gasteiger partial charge on any atom is 0.411 e. The molecule has 2 aromatic rings. The number of carbonyl (C=O) groups excluding carboxylic acids is 1. The normalized spacial score (nSPS) is 10.0. The highest BCUT2D eigenvalue weighted by Gasteiger charge is 2.01. The van der Waals surface area contributed by atoms with Crippen molar-refractivity contribution >= 4 is 17.5 Å². The van der Waals surface area contributed by atoms with Crippen molar-refractivity contribution in [2.75, 3.05) is 17.7 Å². The Kier molecular flexibility index (Phi) is 4.02. The summed E-state index contributed by atoms with van der Waals surface area (Å²) in [5.74, 6) is 0.955. The molecule has 6 nitrogen and oxygen atoms in total. The monoisotopic (exact) mass is 260 g/mol. The van der Waals surface area contributed by atoms with Crippen molar-refractivity contribution in [2.24, 2.45) is 7.05 Å². The summed E-state index contributed by atoms with van der Waals surface area (Å²) in [6, 6.07) is 7.37. The Hall–Kier alpha value is -2.50. The Balaban J connectivity index is 1.92. The van der Waals surface area contributed by atoms with Crippen LogP contribution in [-0.2, 0) is 18.3 Å². The maximum absolute atomic E-state index is 11.0. The second-order valence-corrected chi connectivity index (χ2v) is 4.00. The Morgan fingerprint density at radius 1 is 1.32 bits per heavy atom. The lowest BCUT2D eigenvalue weighted by Crippen LogP contribution is -2.11.